The molecule has 2 aromatic rings. The average Bonchev–Trinajstić information content (AvgIpc) is 3.02. The van der Waals surface area contributed by atoms with Crippen LogP contribution in [0.3, 0.4) is 0 Å². The van der Waals surface area contributed by atoms with Gasteiger partial charge in [0, 0.05) is 13.7 Å². The summed E-state index contributed by atoms with van der Waals surface area (Å²) in [6.45, 7) is 4.95. The van der Waals surface area contributed by atoms with Crippen molar-refractivity contribution in [2.24, 2.45) is 12.8 Å². The van der Waals surface area contributed by atoms with Crippen LogP contribution in [-0.2, 0) is 18.2 Å². The van der Waals surface area contributed by atoms with Gasteiger partial charge in [0.2, 0.25) is 0 Å². The normalized spacial score (nSPS) is 12.8. The van der Waals surface area contributed by atoms with Crippen LogP contribution in [0, 0.1) is 0 Å². The summed E-state index contributed by atoms with van der Waals surface area (Å²) in [5.41, 5.74) is 7.68. The van der Waals surface area contributed by atoms with Crippen molar-refractivity contribution >= 4 is 0 Å². The Morgan fingerprint density at radius 2 is 2.26 bits per heavy atom. The first-order valence-electron chi connectivity index (χ1n) is 6.35. The van der Waals surface area contributed by atoms with Crippen molar-refractivity contribution in [1.82, 2.24) is 19.9 Å². The van der Waals surface area contributed by atoms with Gasteiger partial charge in [-0.2, -0.15) is 10.1 Å². The van der Waals surface area contributed by atoms with E-state index >= 15 is 0 Å². The van der Waals surface area contributed by atoms with Crippen molar-refractivity contribution in [2.75, 3.05) is 13.2 Å². The highest BCUT2D eigenvalue weighted by molar-refractivity contribution is 5.47. The second kappa shape index (κ2) is 5.94. The molecule has 0 aromatic carbocycles. The van der Waals surface area contributed by atoms with Crippen LogP contribution >= 0.6 is 0 Å². The molecule has 0 fully saturated rings. The lowest BCUT2D eigenvalue weighted by molar-refractivity contribution is 0.130. The van der Waals surface area contributed by atoms with Crippen molar-refractivity contribution in [3.63, 3.8) is 0 Å². The molecule has 0 aliphatic carbocycles. The van der Waals surface area contributed by atoms with Crippen LogP contribution in [0.2, 0.25) is 0 Å². The highest BCUT2D eigenvalue weighted by Gasteiger charge is 2.18. The summed E-state index contributed by atoms with van der Waals surface area (Å²) in [6.07, 6.45) is 0.860. The molecule has 0 bridgehead atoms. The molecular formula is C12H19N5O2. The Labute approximate surface area is 111 Å². The SMILES string of the molecule is CCOCC(N)c1noc(-c2cc(CC)nn2C)n1. The average molecular weight is 265 g/mol. The predicted octanol–water partition coefficient (Wildman–Crippen LogP) is 1.07. The minimum absolute atomic E-state index is 0.376. The van der Waals surface area contributed by atoms with Crippen LogP contribution in [0.5, 0.6) is 0 Å². The zero-order valence-corrected chi connectivity index (χ0v) is 11.5. The molecular weight excluding hydrogens is 246 g/mol. The maximum absolute atomic E-state index is 5.91. The van der Waals surface area contributed by atoms with Gasteiger partial charge in [-0.15, -0.1) is 0 Å². The first-order valence-corrected chi connectivity index (χ1v) is 6.35. The molecule has 104 valence electrons. The third kappa shape index (κ3) is 2.99. The van der Waals surface area contributed by atoms with Gasteiger partial charge in [-0.25, -0.2) is 0 Å². The molecule has 0 radical (unpaired) electrons. The Morgan fingerprint density at radius 1 is 1.47 bits per heavy atom. The van der Waals surface area contributed by atoms with Crippen LogP contribution in [0.1, 0.15) is 31.4 Å². The second-order valence-electron chi connectivity index (χ2n) is 4.22. The van der Waals surface area contributed by atoms with E-state index in [0.29, 0.717) is 24.9 Å². The van der Waals surface area contributed by atoms with Crippen LogP contribution in [0.4, 0.5) is 0 Å². The van der Waals surface area contributed by atoms with Crippen LogP contribution < -0.4 is 5.73 Å². The lowest BCUT2D eigenvalue weighted by atomic mass is 10.3. The number of nitrogens with zero attached hydrogens (tertiary/aromatic N) is 4. The fraction of sp³-hybridized carbons (Fsp3) is 0.583. The maximum atomic E-state index is 5.91. The summed E-state index contributed by atoms with van der Waals surface area (Å²) in [7, 11) is 1.85. The van der Waals surface area contributed by atoms with Gasteiger partial charge in [0.05, 0.1) is 18.3 Å². The first-order chi connectivity index (χ1) is 9.15. The minimum Gasteiger partial charge on any atom is -0.380 e. The highest BCUT2D eigenvalue weighted by Crippen LogP contribution is 2.19. The van der Waals surface area contributed by atoms with E-state index in [9.17, 15) is 0 Å². The zero-order chi connectivity index (χ0) is 13.8. The van der Waals surface area contributed by atoms with Gasteiger partial charge in [-0.05, 0) is 19.4 Å². The molecule has 1 unspecified atom stereocenters. The van der Waals surface area contributed by atoms with Crippen LogP contribution in [0.25, 0.3) is 11.6 Å². The van der Waals surface area contributed by atoms with Crippen molar-refractivity contribution in [1.29, 1.82) is 0 Å². The molecule has 0 saturated carbocycles. The summed E-state index contributed by atoms with van der Waals surface area (Å²) < 4.78 is 12.2. The molecule has 19 heavy (non-hydrogen) atoms. The Kier molecular flexibility index (Phi) is 4.28. The number of hydrogen-bond donors (Lipinski definition) is 1. The Hall–Kier alpha value is -1.73. The number of ether oxygens (including phenoxy) is 1. The fourth-order valence-electron chi connectivity index (χ4n) is 1.71. The van der Waals surface area contributed by atoms with Gasteiger partial charge in [0.15, 0.2) is 5.82 Å². The van der Waals surface area contributed by atoms with E-state index in [-0.39, 0.29) is 6.04 Å². The van der Waals surface area contributed by atoms with Gasteiger partial charge in [-0.3, -0.25) is 4.68 Å². The third-order valence-corrected chi connectivity index (χ3v) is 2.79. The lowest BCUT2D eigenvalue weighted by Gasteiger charge is -2.05. The molecule has 0 amide bonds. The predicted molar refractivity (Wildman–Crippen MR) is 69.3 cm³/mol. The fourth-order valence-corrected chi connectivity index (χ4v) is 1.71. The first kappa shape index (κ1) is 13.7. The molecule has 2 heterocycles. The Balaban J connectivity index is 2.18. The molecule has 0 saturated heterocycles. The number of hydrogen-bond acceptors (Lipinski definition) is 6. The Bertz CT molecular complexity index is 534. The van der Waals surface area contributed by atoms with Crippen LogP contribution in [-0.4, -0.2) is 33.1 Å². The van der Waals surface area contributed by atoms with Gasteiger partial charge in [-0.1, -0.05) is 12.1 Å². The minimum atomic E-state index is -0.378. The van der Waals surface area contributed by atoms with E-state index in [0.717, 1.165) is 17.8 Å². The molecule has 7 heteroatoms. The van der Waals surface area contributed by atoms with Gasteiger partial charge >= 0.3 is 0 Å². The van der Waals surface area contributed by atoms with Gasteiger partial charge in [0.1, 0.15) is 5.69 Å². The molecule has 7 nitrogen and oxygen atoms in total. The van der Waals surface area contributed by atoms with Crippen molar-refractivity contribution in [2.45, 2.75) is 26.3 Å². The van der Waals surface area contributed by atoms with E-state index in [4.69, 9.17) is 15.0 Å². The van der Waals surface area contributed by atoms with Crippen molar-refractivity contribution in [3.8, 4) is 11.6 Å². The standard InChI is InChI=1S/C12H19N5O2/c1-4-8-6-10(17(3)15-8)12-14-11(16-19-12)9(13)7-18-5-2/h6,9H,4-5,7,13H2,1-3H3. The second-order valence-corrected chi connectivity index (χ2v) is 4.22. The highest BCUT2D eigenvalue weighted by atomic mass is 16.5. The van der Waals surface area contributed by atoms with E-state index in [1.807, 2.05) is 27.0 Å². The van der Waals surface area contributed by atoms with Crippen molar-refractivity contribution < 1.29 is 9.26 Å². The maximum Gasteiger partial charge on any atom is 0.276 e. The monoisotopic (exact) mass is 265 g/mol. The number of nitrogens with two attached hydrogens (primary N) is 1. The third-order valence-electron chi connectivity index (χ3n) is 2.79. The topological polar surface area (TPSA) is 92.0 Å². The zero-order valence-electron chi connectivity index (χ0n) is 11.5. The molecule has 2 aromatic heterocycles. The molecule has 0 aliphatic rings. The molecule has 0 spiro atoms. The molecule has 0 aliphatic heterocycles. The smallest absolute Gasteiger partial charge is 0.276 e. The summed E-state index contributed by atoms with van der Waals surface area (Å²) in [5.74, 6) is 0.874. The molecule has 2 rings (SSSR count). The lowest BCUT2D eigenvalue weighted by Crippen LogP contribution is -2.18. The number of aryl methyl sites for hydroxylation is 2. The molecule has 2 N–H and O–H groups in total. The summed E-state index contributed by atoms with van der Waals surface area (Å²) in [5, 5.41) is 8.23. The van der Waals surface area contributed by atoms with E-state index in [2.05, 4.69) is 15.2 Å². The van der Waals surface area contributed by atoms with Crippen LogP contribution in [0.15, 0.2) is 10.6 Å². The van der Waals surface area contributed by atoms with E-state index < -0.39 is 0 Å². The summed E-state index contributed by atoms with van der Waals surface area (Å²) in [4.78, 5) is 4.30. The quantitative estimate of drug-likeness (QED) is 0.839. The van der Waals surface area contributed by atoms with E-state index in [1.165, 1.54) is 0 Å². The van der Waals surface area contributed by atoms with E-state index in [1.54, 1.807) is 4.68 Å². The number of aromatic nitrogens is 4. The molecule has 1 atom stereocenters. The largest absolute Gasteiger partial charge is 0.380 e. The summed E-state index contributed by atoms with van der Waals surface area (Å²) >= 11 is 0. The summed E-state index contributed by atoms with van der Waals surface area (Å²) in [6, 6.07) is 1.56. The van der Waals surface area contributed by atoms with Gasteiger partial charge < -0.3 is 15.0 Å². The van der Waals surface area contributed by atoms with Crippen molar-refractivity contribution in [3.05, 3.63) is 17.6 Å². The van der Waals surface area contributed by atoms with Gasteiger partial charge in [0.25, 0.3) is 5.89 Å². The Morgan fingerprint density at radius 3 is 2.89 bits per heavy atom. The number of rotatable bonds is 6.